The van der Waals surface area contributed by atoms with Crippen LogP contribution in [0.2, 0.25) is 0 Å². The van der Waals surface area contributed by atoms with E-state index in [4.69, 9.17) is 0 Å². The minimum Gasteiger partial charge on any atom is -0.435 e. The van der Waals surface area contributed by atoms with E-state index in [-0.39, 0.29) is 29.9 Å². The van der Waals surface area contributed by atoms with E-state index in [0.29, 0.717) is 5.56 Å². The van der Waals surface area contributed by atoms with Gasteiger partial charge in [-0.25, -0.2) is 4.68 Å². The Balaban J connectivity index is 1.56. The van der Waals surface area contributed by atoms with Crippen LogP contribution in [0, 0.1) is 0 Å². The number of hydrogen-bond acceptors (Lipinski definition) is 5. The quantitative estimate of drug-likeness (QED) is 0.828. The summed E-state index contributed by atoms with van der Waals surface area (Å²) in [6, 6.07) is 6.44. The number of ether oxygens (including phenoxy) is 1. The first-order valence-electron chi connectivity index (χ1n) is 8.06. The first-order valence-corrected chi connectivity index (χ1v) is 8.06. The van der Waals surface area contributed by atoms with Gasteiger partial charge >= 0.3 is 6.61 Å². The Morgan fingerprint density at radius 3 is 2.96 bits per heavy atom. The van der Waals surface area contributed by atoms with Gasteiger partial charge in [-0.05, 0) is 43.6 Å². The van der Waals surface area contributed by atoms with E-state index in [1.807, 2.05) is 0 Å². The third kappa shape index (κ3) is 4.72. The molecule has 1 amide bonds. The highest BCUT2D eigenvalue weighted by Crippen LogP contribution is 2.18. The van der Waals surface area contributed by atoms with Crippen molar-refractivity contribution in [3.05, 3.63) is 41.7 Å². The SMILES string of the molecule is O=C(NCc1cccc(OC(F)F)c1)c1cn(C2CCNCC2)nn1. The number of alkyl halides is 2. The summed E-state index contributed by atoms with van der Waals surface area (Å²) in [7, 11) is 0. The average molecular weight is 351 g/mol. The topological polar surface area (TPSA) is 81.1 Å². The lowest BCUT2D eigenvalue weighted by atomic mass is 10.1. The number of nitrogens with zero attached hydrogens (tertiary/aromatic N) is 3. The van der Waals surface area contributed by atoms with Crippen LogP contribution in [0.4, 0.5) is 8.78 Å². The molecule has 3 rings (SSSR count). The molecule has 1 aliphatic heterocycles. The Morgan fingerprint density at radius 2 is 2.20 bits per heavy atom. The second kappa shape index (κ2) is 8.02. The summed E-state index contributed by atoms with van der Waals surface area (Å²) in [6.07, 6.45) is 3.53. The second-order valence-corrected chi connectivity index (χ2v) is 5.77. The van der Waals surface area contributed by atoms with E-state index >= 15 is 0 Å². The van der Waals surface area contributed by atoms with Crippen LogP contribution >= 0.6 is 0 Å². The van der Waals surface area contributed by atoms with E-state index in [1.165, 1.54) is 12.1 Å². The van der Waals surface area contributed by atoms with Gasteiger partial charge in [0.05, 0.1) is 12.2 Å². The first kappa shape index (κ1) is 17.3. The molecule has 9 heteroatoms. The van der Waals surface area contributed by atoms with Crippen molar-refractivity contribution in [1.82, 2.24) is 25.6 Å². The van der Waals surface area contributed by atoms with Crippen molar-refractivity contribution in [3.8, 4) is 5.75 Å². The molecular weight excluding hydrogens is 332 g/mol. The van der Waals surface area contributed by atoms with Gasteiger partial charge in [0.15, 0.2) is 5.69 Å². The lowest BCUT2D eigenvalue weighted by molar-refractivity contribution is -0.0498. The van der Waals surface area contributed by atoms with Gasteiger partial charge in [0.2, 0.25) is 0 Å². The van der Waals surface area contributed by atoms with Gasteiger partial charge in [-0.3, -0.25) is 4.79 Å². The van der Waals surface area contributed by atoms with Crippen LogP contribution < -0.4 is 15.4 Å². The minimum atomic E-state index is -2.88. The smallest absolute Gasteiger partial charge is 0.387 e. The molecular formula is C16H19F2N5O2. The molecule has 0 aliphatic carbocycles. The molecule has 134 valence electrons. The highest BCUT2D eigenvalue weighted by Gasteiger charge is 2.18. The Hall–Kier alpha value is -2.55. The molecule has 1 fully saturated rings. The zero-order valence-electron chi connectivity index (χ0n) is 13.5. The van der Waals surface area contributed by atoms with Gasteiger partial charge in [0, 0.05) is 6.54 Å². The summed E-state index contributed by atoms with van der Waals surface area (Å²) < 4.78 is 30.5. The van der Waals surface area contributed by atoms with E-state index in [2.05, 4.69) is 25.7 Å². The van der Waals surface area contributed by atoms with Crippen molar-refractivity contribution >= 4 is 5.91 Å². The Kier molecular flexibility index (Phi) is 5.54. The third-order valence-electron chi connectivity index (χ3n) is 4.00. The zero-order valence-corrected chi connectivity index (χ0v) is 13.5. The van der Waals surface area contributed by atoms with Crippen LogP contribution in [0.15, 0.2) is 30.5 Å². The van der Waals surface area contributed by atoms with Crippen LogP contribution in [0.3, 0.4) is 0 Å². The molecule has 2 aromatic rings. The molecule has 1 aromatic heterocycles. The number of benzene rings is 1. The molecule has 2 heterocycles. The number of piperidine rings is 1. The van der Waals surface area contributed by atoms with Gasteiger partial charge < -0.3 is 15.4 Å². The molecule has 0 atom stereocenters. The van der Waals surface area contributed by atoms with Gasteiger partial charge in [-0.2, -0.15) is 8.78 Å². The highest BCUT2D eigenvalue weighted by atomic mass is 19.3. The Morgan fingerprint density at radius 1 is 1.40 bits per heavy atom. The fraction of sp³-hybridized carbons (Fsp3) is 0.438. The maximum atomic E-state index is 12.2. The molecule has 1 saturated heterocycles. The third-order valence-corrected chi connectivity index (χ3v) is 4.00. The van der Waals surface area contributed by atoms with Crippen LogP contribution in [-0.2, 0) is 6.54 Å². The van der Waals surface area contributed by atoms with E-state index in [9.17, 15) is 13.6 Å². The number of nitrogens with one attached hydrogen (secondary N) is 2. The summed E-state index contributed by atoms with van der Waals surface area (Å²) in [4.78, 5) is 12.2. The standard InChI is InChI=1S/C16H19F2N5O2/c17-16(18)25-13-3-1-2-11(8-13)9-20-15(24)14-10-23(22-21-14)12-4-6-19-7-5-12/h1-3,8,10,12,16,19H,4-7,9H2,(H,20,24). The fourth-order valence-corrected chi connectivity index (χ4v) is 2.73. The lowest BCUT2D eigenvalue weighted by Crippen LogP contribution is -2.29. The van der Waals surface area contributed by atoms with Crippen LogP contribution in [0.5, 0.6) is 5.75 Å². The van der Waals surface area contributed by atoms with Crippen molar-refractivity contribution in [1.29, 1.82) is 0 Å². The number of aromatic nitrogens is 3. The van der Waals surface area contributed by atoms with Crippen molar-refractivity contribution in [2.24, 2.45) is 0 Å². The van der Waals surface area contributed by atoms with Gasteiger partial charge in [0.25, 0.3) is 5.91 Å². The molecule has 25 heavy (non-hydrogen) atoms. The number of rotatable bonds is 6. The van der Waals surface area contributed by atoms with Gasteiger partial charge in [0.1, 0.15) is 5.75 Å². The van der Waals surface area contributed by atoms with Crippen molar-refractivity contribution in [2.75, 3.05) is 13.1 Å². The second-order valence-electron chi connectivity index (χ2n) is 5.77. The predicted octanol–water partition coefficient (Wildman–Crippen LogP) is 1.73. The van der Waals surface area contributed by atoms with Crippen molar-refractivity contribution in [3.63, 3.8) is 0 Å². The number of carbonyl (C=O) groups is 1. The molecule has 0 unspecified atom stereocenters. The minimum absolute atomic E-state index is 0.0543. The zero-order chi connectivity index (χ0) is 17.6. The molecule has 0 saturated carbocycles. The molecule has 1 aromatic carbocycles. The molecule has 0 radical (unpaired) electrons. The number of hydrogen-bond donors (Lipinski definition) is 2. The fourth-order valence-electron chi connectivity index (χ4n) is 2.73. The monoisotopic (exact) mass is 351 g/mol. The summed E-state index contributed by atoms with van der Waals surface area (Å²) >= 11 is 0. The Bertz CT molecular complexity index is 716. The maximum absolute atomic E-state index is 12.2. The molecule has 0 bridgehead atoms. The van der Waals surface area contributed by atoms with Gasteiger partial charge in [-0.15, -0.1) is 5.10 Å². The van der Waals surface area contributed by atoms with Crippen LogP contribution in [-0.4, -0.2) is 40.6 Å². The van der Waals surface area contributed by atoms with Crippen molar-refractivity contribution < 1.29 is 18.3 Å². The summed E-state index contributed by atoms with van der Waals surface area (Å²) in [5.74, 6) is -0.307. The maximum Gasteiger partial charge on any atom is 0.387 e. The van der Waals surface area contributed by atoms with Crippen LogP contribution in [0.25, 0.3) is 0 Å². The van der Waals surface area contributed by atoms with E-state index in [1.54, 1.807) is 23.0 Å². The normalized spacial score (nSPS) is 15.3. The predicted molar refractivity (Wildman–Crippen MR) is 85.4 cm³/mol. The largest absolute Gasteiger partial charge is 0.435 e. The van der Waals surface area contributed by atoms with E-state index < -0.39 is 6.61 Å². The average Bonchev–Trinajstić information content (AvgIpc) is 3.10. The highest BCUT2D eigenvalue weighted by molar-refractivity contribution is 5.91. The number of carbonyl (C=O) groups excluding carboxylic acids is 1. The van der Waals surface area contributed by atoms with Crippen LogP contribution in [0.1, 0.15) is 34.9 Å². The molecule has 1 aliphatic rings. The number of amides is 1. The number of halogens is 2. The first-order chi connectivity index (χ1) is 12.1. The summed E-state index contributed by atoms with van der Waals surface area (Å²) in [6.45, 7) is -0.860. The van der Waals surface area contributed by atoms with Gasteiger partial charge in [-0.1, -0.05) is 17.3 Å². The summed E-state index contributed by atoms with van der Waals surface area (Å²) in [5.41, 5.74) is 0.885. The van der Waals surface area contributed by atoms with Crippen molar-refractivity contribution in [2.45, 2.75) is 32.0 Å². The molecule has 2 N–H and O–H groups in total. The summed E-state index contributed by atoms with van der Waals surface area (Å²) in [5, 5.41) is 13.9. The lowest BCUT2D eigenvalue weighted by Gasteiger charge is -2.22. The molecule has 7 nitrogen and oxygen atoms in total. The molecule has 0 spiro atoms. The Labute approximate surface area is 143 Å². The van der Waals surface area contributed by atoms with E-state index in [0.717, 1.165) is 25.9 Å².